The zero-order valence-electron chi connectivity index (χ0n) is 17.7. The van der Waals surface area contributed by atoms with Gasteiger partial charge in [-0.3, -0.25) is 4.21 Å². The van der Waals surface area contributed by atoms with E-state index in [2.05, 4.69) is 19.4 Å². The Bertz CT molecular complexity index is 1090. The van der Waals surface area contributed by atoms with E-state index in [9.17, 15) is 21.8 Å². The predicted molar refractivity (Wildman–Crippen MR) is 117 cm³/mol. The maximum absolute atomic E-state index is 13.2. The fourth-order valence-electron chi connectivity index (χ4n) is 4.14. The van der Waals surface area contributed by atoms with Gasteiger partial charge in [0, 0.05) is 41.6 Å². The summed E-state index contributed by atoms with van der Waals surface area (Å²) in [5.74, 6) is 0.287. The largest absolute Gasteiger partial charge is 0.435 e. The van der Waals surface area contributed by atoms with E-state index in [4.69, 9.17) is 0 Å². The number of benzene rings is 2. The second-order valence-corrected chi connectivity index (χ2v) is 9.28. The molecule has 5 nitrogen and oxygen atoms in total. The molecule has 178 valence electrons. The van der Waals surface area contributed by atoms with Crippen LogP contribution in [0.15, 0.2) is 53.6 Å². The summed E-state index contributed by atoms with van der Waals surface area (Å²) < 4.78 is 71.7. The number of alkyl halides is 4. The van der Waals surface area contributed by atoms with Crippen molar-refractivity contribution in [2.24, 2.45) is 0 Å². The lowest BCUT2D eigenvalue weighted by Crippen LogP contribution is -2.26. The van der Waals surface area contributed by atoms with E-state index in [0.717, 1.165) is 22.0 Å². The molecular weight excluding hydrogens is 460 g/mol. The minimum atomic E-state index is -2.89. The fraction of sp³-hybridized carbons (Fsp3) is 0.391. The predicted octanol–water partition coefficient (Wildman–Crippen LogP) is 4.93. The third-order valence-corrected chi connectivity index (χ3v) is 7.09. The molecule has 10 heteroatoms. The van der Waals surface area contributed by atoms with Crippen LogP contribution in [0.2, 0.25) is 0 Å². The van der Waals surface area contributed by atoms with Crippen molar-refractivity contribution in [1.82, 2.24) is 9.88 Å². The van der Waals surface area contributed by atoms with E-state index in [0.29, 0.717) is 37.4 Å². The van der Waals surface area contributed by atoms with Gasteiger partial charge in [0.05, 0.1) is 22.7 Å². The quantitative estimate of drug-likeness (QED) is 0.415. The highest BCUT2D eigenvalue weighted by atomic mass is 32.2. The number of aromatic amines is 1. The van der Waals surface area contributed by atoms with Gasteiger partial charge in [-0.05, 0) is 48.2 Å². The van der Waals surface area contributed by atoms with Crippen LogP contribution in [0, 0.1) is 0 Å². The van der Waals surface area contributed by atoms with E-state index < -0.39 is 30.1 Å². The minimum Gasteiger partial charge on any atom is -0.435 e. The molecule has 1 N–H and O–H groups in total. The lowest BCUT2D eigenvalue weighted by molar-refractivity contribution is -0.158. The lowest BCUT2D eigenvalue weighted by atomic mass is 10.1. The number of nitrogens with zero attached hydrogens (tertiary/aromatic N) is 1. The molecule has 1 unspecified atom stereocenters. The minimum absolute atomic E-state index is 0.0534. The van der Waals surface area contributed by atoms with Crippen LogP contribution in [0.1, 0.15) is 17.5 Å². The summed E-state index contributed by atoms with van der Waals surface area (Å²) in [5.41, 5.74) is 2.62. The van der Waals surface area contributed by atoms with Crippen LogP contribution in [0.5, 0.6) is 5.75 Å². The van der Waals surface area contributed by atoms with Crippen molar-refractivity contribution in [2.75, 3.05) is 19.6 Å². The molecule has 0 spiro atoms. The summed E-state index contributed by atoms with van der Waals surface area (Å²) >= 11 is 0. The van der Waals surface area contributed by atoms with Crippen molar-refractivity contribution in [1.29, 1.82) is 0 Å². The fourth-order valence-corrected chi connectivity index (χ4v) is 5.49. The van der Waals surface area contributed by atoms with Crippen molar-refractivity contribution in [3.8, 4) is 5.75 Å². The van der Waals surface area contributed by atoms with Crippen LogP contribution < -0.4 is 4.74 Å². The first-order valence-corrected chi connectivity index (χ1v) is 11.9. The molecule has 2 atom stereocenters. The molecular formula is C23H24F4N2O3S. The van der Waals surface area contributed by atoms with E-state index in [1.165, 1.54) is 12.1 Å². The van der Waals surface area contributed by atoms with E-state index in [-0.39, 0.29) is 11.5 Å². The number of likely N-dealkylation sites (tertiary alicyclic amines) is 1. The highest BCUT2D eigenvalue weighted by molar-refractivity contribution is 7.84. The van der Waals surface area contributed by atoms with Crippen LogP contribution in [0.3, 0.4) is 0 Å². The van der Waals surface area contributed by atoms with Crippen molar-refractivity contribution in [3.63, 3.8) is 0 Å². The molecule has 1 saturated heterocycles. The molecule has 0 saturated carbocycles. The molecule has 1 aliphatic rings. The van der Waals surface area contributed by atoms with Gasteiger partial charge in [-0.15, -0.1) is 0 Å². The Morgan fingerprint density at radius 3 is 2.61 bits per heavy atom. The number of hydrogen-bond acceptors (Lipinski definition) is 4. The summed E-state index contributed by atoms with van der Waals surface area (Å²) in [6.07, 6.45) is 2.70. The molecule has 2 heterocycles. The van der Waals surface area contributed by atoms with Gasteiger partial charge in [0.2, 0.25) is 0 Å². The molecule has 2 aromatic carbocycles. The molecule has 0 radical (unpaired) electrons. The van der Waals surface area contributed by atoms with Gasteiger partial charge in [-0.2, -0.15) is 17.6 Å². The maximum Gasteiger partial charge on any atom is 0.387 e. The summed E-state index contributed by atoms with van der Waals surface area (Å²) in [4.78, 5) is 6.00. The third-order valence-electron chi connectivity index (χ3n) is 5.66. The summed E-state index contributed by atoms with van der Waals surface area (Å²) in [7, 11) is -1.36. The van der Waals surface area contributed by atoms with E-state index in [1.807, 2.05) is 24.4 Å². The van der Waals surface area contributed by atoms with Crippen LogP contribution in [0.25, 0.3) is 10.9 Å². The van der Waals surface area contributed by atoms with Crippen LogP contribution in [-0.4, -0.2) is 53.1 Å². The van der Waals surface area contributed by atoms with Crippen LogP contribution >= 0.6 is 0 Å². The number of fused-ring (bicyclic) bond motifs is 1. The monoisotopic (exact) mass is 484 g/mol. The Balaban J connectivity index is 1.44. The second kappa shape index (κ2) is 10.7. The summed E-state index contributed by atoms with van der Waals surface area (Å²) in [5, 5.41) is 0.896. The molecule has 1 fully saturated rings. The Kier molecular flexibility index (Phi) is 7.67. The highest BCUT2D eigenvalue weighted by Crippen LogP contribution is 2.28. The van der Waals surface area contributed by atoms with Gasteiger partial charge in [-0.25, -0.2) is 0 Å². The van der Waals surface area contributed by atoms with Crippen molar-refractivity contribution >= 4 is 21.7 Å². The Morgan fingerprint density at radius 2 is 1.88 bits per heavy atom. The number of hydrogen-bond donors (Lipinski definition) is 1. The van der Waals surface area contributed by atoms with Gasteiger partial charge < -0.3 is 19.4 Å². The van der Waals surface area contributed by atoms with E-state index >= 15 is 0 Å². The van der Waals surface area contributed by atoms with Crippen molar-refractivity contribution in [2.45, 2.75) is 42.8 Å². The van der Waals surface area contributed by atoms with Gasteiger partial charge in [0.15, 0.2) is 0 Å². The molecule has 1 aromatic heterocycles. The Hall–Kier alpha value is -2.43. The van der Waals surface area contributed by atoms with Gasteiger partial charge in [0.25, 0.3) is 0 Å². The molecule has 0 amide bonds. The first-order chi connectivity index (χ1) is 15.9. The van der Waals surface area contributed by atoms with Crippen molar-refractivity contribution < 1.29 is 31.2 Å². The normalized spacial score (nSPS) is 17.9. The number of rotatable bonds is 10. The number of aromatic nitrogens is 1. The third kappa shape index (κ3) is 6.13. The van der Waals surface area contributed by atoms with Crippen molar-refractivity contribution in [3.05, 3.63) is 59.8 Å². The second-order valence-electron chi connectivity index (χ2n) is 7.86. The molecule has 4 rings (SSSR count). The number of ether oxygens (including phenoxy) is 2. The first kappa shape index (κ1) is 23.7. The van der Waals surface area contributed by atoms with Gasteiger partial charge in [-0.1, -0.05) is 18.2 Å². The van der Waals surface area contributed by atoms with Gasteiger partial charge in [0.1, 0.15) is 5.75 Å². The number of H-pyrrole nitrogens is 1. The first-order valence-electron chi connectivity index (χ1n) is 10.6. The molecule has 3 aromatic rings. The highest BCUT2D eigenvalue weighted by Gasteiger charge is 2.25. The molecule has 1 aliphatic heterocycles. The van der Waals surface area contributed by atoms with Gasteiger partial charge >= 0.3 is 13.2 Å². The smallest absolute Gasteiger partial charge is 0.387 e. The summed E-state index contributed by atoms with van der Waals surface area (Å²) in [6, 6.07) is 11.7. The number of halogens is 4. The van der Waals surface area contributed by atoms with E-state index in [1.54, 1.807) is 12.1 Å². The SMILES string of the molecule is O=S(Cc1ccc(OC(F)F)cc1)c1cccc2[nH]cc(CCN3CC[C@H](OC(F)F)C3)c12. The maximum atomic E-state index is 13.2. The zero-order chi connectivity index (χ0) is 23.4. The topological polar surface area (TPSA) is 54.6 Å². The Labute approximate surface area is 191 Å². The van der Waals surface area contributed by atoms with Crippen LogP contribution in [0.4, 0.5) is 17.6 Å². The lowest BCUT2D eigenvalue weighted by Gasteiger charge is -2.16. The number of nitrogens with one attached hydrogen (secondary N) is 1. The molecule has 0 bridgehead atoms. The summed E-state index contributed by atoms with van der Waals surface area (Å²) in [6.45, 7) is -3.80. The average Bonchev–Trinajstić information content (AvgIpc) is 3.39. The average molecular weight is 485 g/mol. The standard InChI is InChI=1S/C23H24F4N2O3S/c24-22(25)31-17-6-4-15(5-7-17)14-33(30)20-3-1-2-19-21(20)16(12-28-19)8-10-29-11-9-18(13-29)32-23(26)27/h1-7,12,18,22-23,28H,8-11,13-14H2/t18-,33?/m0/s1. The molecule has 0 aliphatic carbocycles. The Morgan fingerprint density at radius 1 is 1.09 bits per heavy atom. The van der Waals surface area contributed by atoms with Crippen LogP contribution in [-0.2, 0) is 27.7 Å². The zero-order valence-corrected chi connectivity index (χ0v) is 18.5. The molecule has 33 heavy (non-hydrogen) atoms.